The predicted molar refractivity (Wildman–Crippen MR) is 68.3 cm³/mol. The van der Waals surface area contributed by atoms with E-state index in [0.29, 0.717) is 0 Å². The van der Waals surface area contributed by atoms with Crippen LogP contribution in [0.2, 0.25) is 0 Å². The minimum atomic E-state index is 0.767. The monoisotopic (exact) mass is 280 g/mol. The Kier molecular flexibility index (Phi) is 2.99. The highest BCUT2D eigenvalue weighted by Gasteiger charge is 2.33. The second-order valence-electron chi connectivity index (χ2n) is 5.08. The van der Waals surface area contributed by atoms with E-state index in [1.54, 1.807) is 0 Å². The van der Waals surface area contributed by atoms with Gasteiger partial charge in [0, 0.05) is 22.9 Å². The van der Waals surface area contributed by atoms with Crippen molar-refractivity contribution in [2.75, 3.05) is 13.1 Å². The fourth-order valence-corrected chi connectivity index (χ4v) is 3.55. The first-order chi connectivity index (χ1) is 7.81. The van der Waals surface area contributed by atoms with Crippen LogP contribution >= 0.6 is 15.9 Å². The lowest BCUT2D eigenvalue weighted by atomic mass is 9.81. The number of hydrogen-bond donors (Lipinski definition) is 0. The predicted octanol–water partition coefficient (Wildman–Crippen LogP) is 2.87. The standard InChI is InChI=1S/C13H17BrN2/c14-12-5-11(8-15-9-12)7-13-6-10-1-3-16(13)4-2-10/h5,8-10,13H,1-4,6-7H2. The molecule has 1 aromatic rings. The summed E-state index contributed by atoms with van der Waals surface area (Å²) in [6.45, 7) is 2.63. The van der Waals surface area contributed by atoms with Crippen LogP contribution in [0.1, 0.15) is 24.8 Å². The van der Waals surface area contributed by atoms with Crippen molar-refractivity contribution in [2.24, 2.45) is 5.92 Å². The van der Waals surface area contributed by atoms with E-state index < -0.39 is 0 Å². The Labute approximate surface area is 105 Å². The lowest BCUT2D eigenvalue weighted by Crippen LogP contribution is -2.49. The molecule has 4 rings (SSSR count). The lowest BCUT2D eigenvalue weighted by molar-refractivity contribution is 0.0498. The zero-order valence-corrected chi connectivity index (χ0v) is 11.0. The van der Waals surface area contributed by atoms with Crippen molar-refractivity contribution in [1.29, 1.82) is 0 Å². The van der Waals surface area contributed by atoms with Gasteiger partial charge in [0.2, 0.25) is 0 Å². The molecule has 4 heterocycles. The zero-order valence-electron chi connectivity index (χ0n) is 9.40. The lowest BCUT2D eigenvalue weighted by Gasteiger charge is -2.45. The highest BCUT2D eigenvalue weighted by atomic mass is 79.9. The average Bonchev–Trinajstić information content (AvgIpc) is 2.30. The molecule has 86 valence electrons. The van der Waals surface area contributed by atoms with Crippen LogP contribution in [-0.2, 0) is 6.42 Å². The summed E-state index contributed by atoms with van der Waals surface area (Å²) in [4.78, 5) is 6.91. The van der Waals surface area contributed by atoms with Gasteiger partial charge in [-0.2, -0.15) is 0 Å². The van der Waals surface area contributed by atoms with Crippen LogP contribution in [0, 0.1) is 5.92 Å². The third kappa shape index (κ3) is 2.16. The number of hydrogen-bond acceptors (Lipinski definition) is 2. The summed E-state index contributed by atoms with van der Waals surface area (Å²) in [5, 5.41) is 0. The van der Waals surface area contributed by atoms with E-state index in [9.17, 15) is 0 Å². The SMILES string of the molecule is Brc1cncc(CC2CC3CCN2CC3)c1. The number of halogens is 1. The Morgan fingerprint density at radius 2 is 2.12 bits per heavy atom. The number of rotatable bonds is 2. The van der Waals surface area contributed by atoms with Gasteiger partial charge in [0.1, 0.15) is 0 Å². The highest BCUT2D eigenvalue weighted by molar-refractivity contribution is 9.10. The van der Waals surface area contributed by atoms with E-state index in [4.69, 9.17) is 0 Å². The maximum absolute atomic E-state index is 4.25. The topological polar surface area (TPSA) is 16.1 Å². The highest BCUT2D eigenvalue weighted by Crippen LogP contribution is 2.33. The first-order valence-electron chi connectivity index (χ1n) is 6.15. The fourth-order valence-electron chi connectivity index (χ4n) is 3.14. The summed E-state index contributed by atoms with van der Waals surface area (Å²) in [5.41, 5.74) is 1.37. The van der Waals surface area contributed by atoms with Crippen molar-refractivity contribution in [3.05, 3.63) is 28.5 Å². The van der Waals surface area contributed by atoms with E-state index in [1.165, 1.54) is 44.3 Å². The van der Waals surface area contributed by atoms with Crippen LogP contribution in [0.4, 0.5) is 0 Å². The number of fused-ring (bicyclic) bond motifs is 3. The Morgan fingerprint density at radius 3 is 2.75 bits per heavy atom. The number of piperidine rings is 3. The van der Waals surface area contributed by atoms with Gasteiger partial charge in [0.25, 0.3) is 0 Å². The maximum Gasteiger partial charge on any atom is 0.0410 e. The molecule has 2 nitrogen and oxygen atoms in total. The molecule has 0 aliphatic carbocycles. The molecule has 0 spiro atoms. The van der Waals surface area contributed by atoms with Crippen molar-refractivity contribution >= 4 is 15.9 Å². The van der Waals surface area contributed by atoms with E-state index in [0.717, 1.165) is 16.4 Å². The largest absolute Gasteiger partial charge is 0.300 e. The molecule has 16 heavy (non-hydrogen) atoms. The molecule has 3 heteroatoms. The van der Waals surface area contributed by atoms with Crippen LogP contribution in [0.5, 0.6) is 0 Å². The van der Waals surface area contributed by atoms with Gasteiger partial charge in [-0.15, -0.1) is 0 Å². The van der Waals surface area contributed by atoms with Gasteiger partial charge < -0.3 is 4.90 Å². The normalized spacial score (nSPS) is 32.9. The van der Waals surface area contributed by atoms with Gasteiger partial charge in [-0.3, -0.25) is 4.98 Å². The number of pyridine rings is 1. The molecule has 1 aromatic heterocycles. The fraction of sp³-hybridized carbons (Fsp3) is 0.615. The van der Waals surface area contributed by atoms with Gasteiger partial charge in [0.05, 0.1) is 0 Å². The van der Waals surface area contributed by atoms with Gasteiger partial charge in [0.15, 0.2) is 0 Å². The zero-order chi connectivity index (χ0) is 11.0. The molecule has 3 aliphatic heterocycles. The summed E-state index contributed by atoms with van der Waals surface area (Å²) in [6.07, 6.45) is 9.28. The molecular formula is C13H17BrN2. The van der Waals surface area contributed by atoms with Crippen LogP contribution < -0.4 is 0 Å². The molecule has 0 radical (unpaired) electrons. The smallest absolute Gasteiger partial charge is 0.0410 e. The van der Waals surface area contributed by atoms with Crippen LogP contribution in [-0.4, -0.2) is 29.0 Å². The van der Waals surface area contributed by atoms with Crippen molar-refractivity contribution in [3.8, 4) is 0 Å². The Morgan fingerprint density at radius 1 is 1.31 bits per heavy atom. The molecule has 1 atom stereocenters. The van der Waals surface area contributed by atoms with Crippen molar-refractivity contribution in [1.82, 2.24) is 9.88 Å². The second-order valence-corrected chi connectivity index (χ2v) is 6.00. The van der Waals surface area contributed by atoms with E-state index >= 15 is 0 Å². The quantitative estimate of drug-likeness (QED) is 0.828. The summed E-state index contributed by atoms with van der Waals surface area (Å²) in [7, 11) is 0. The Balaban J connectivity index is 1.71. The Hall–Kier alpha value is -0.410. The molecule has 0 aromatic carbocycles. The van der Waals surface area contributed by atoms with Crippen molar-refractivity contribution < 1.29 is 0 Å². The third-order valence-corrected chi connectivity index (χ3v) is 4.44. The molecule has 0 amide bonds. The molecule has 0 N–H and O–H groups in total. The van der Waals surface area contributed by atoms with Crippen molar-refractivity contribution in [2.45, 2.75) is 31.7 Å². The summed E-state index contributed by atoms with van der Waals surface area (Å²) >= 11 is 3.49. The summed E-state index contributed by atoms with van der Waals surface area (Å²) in [5.74, 6) is 0.995. The molecule has 2 bridgehead atoms. The van der Waals surface area contributed by atoms with Crippen LogP contribution in [0.15, 0.2) is 22.9 Å². The Bertz CT molecular complexity index is 372. The third-order valence-electron chi connectivity index (χ3n) is 4.00. The molecular weight excluding hydrogens is 264 g/mol. The summed E-state index contributed by atoms with van der Waals surface area (Å²) < 4.78 is 1.10. The van der Waals surface area contributed by atoms with Gasteiger partial charge in [-0.05, 0) is 72.3 Å². The van der Waals surface area contributed by atoms with E-state index in [1.807, 2.05) is 12.4 Å². The van der Waals surface area contributed by atoms with Gasteiger partial charge >= 0.3 is 0 Å². The molecule has 3 fully saturated rings. The molecule has 3 aliphatic rings. The van der Waals surface area contributed by atoms with Crippen LogP contribution in [0.25, 0.3) is 0 Å². The second kappa shape index (κ2) is 4.46. The first kappa shape index (κ1) is 10.7. The van der Waals surface area contributed by atoms with E-state index in [2.05, 4.69) is 31.9 Å². The maximum atomic E-state index is 4.25. The van der Waals surface area contributed by atoms with Crippen molar-refractivity contribution in [3.63, 3.8) is 0 Å². The van der Waals surface area contributed by atoms with Gasteiger partial charge in [-0.25, -0.2) is 0 Å². The molecule has 0 saturated carbocycles. The summed E-state index contributed by atoms with van der Waals surface area (Å²) in [6, 6.07) is 2.97. The molecule has 3 saturated heterocycles. The minimum Gasteiger partial charge on any atom is -0.300 e. The van der Waals surface area contributed by atoms with Crippen LogP contribution in [0.3, 0.4) is 0 Å². The van der Waals surface area contributed by atoms with E-state index in [-0.39, 0.29) is 0 Å². The minimum absolute atomic E-state index is 0.767. The molecule has 1 unspecified atom stereocenters. The van der Waals surface area contributed by atoms with Gasteiger partial charge in [-0.1, -0.05) is 0 Å². The first-order valence-corrected chi connectivity index (χ1v) is 6.94. The number of nitrogens with zero attached hydrogens (tertiary/aromatic N) is 2. The number of aromatic nitrogens is 1. The average molecular weight is 281 g/mol.